The van der Waals surface area contributed by atoms with E-state index in [0.29, 0.717) is 12.6 Å². The second-order valence-electron chi connectivity index (χ2n) is 7.71. The fourth-order valence-electron chi connectivity index (χ4n) is 3.75. The zero-order valence-electron chi connectivity index (χ0n) is 17.9. The lowest BCUT2D eigenvalue weighted by molar-refractivity contribution is 0.0389. The van der Waals surface area contributed by atoms with Gasteiger partial charge in [-0.15, -0.1) is 24.0 Å². The number of hydrogen-bond acceptors (Lipinski definition) is 4. The molecule has 0 bridgehead atoms. The number of aryl methyl sites for hydroxylation is 1. The summed E-state index contributed by atoms with van der Waals surface area (Å²) in [5.74, 6) is 1.86. The van der Waals surface area contributed by atoms with Crippen molar-refractivity contribution in [1.82, 2.24) is 15.5 Å². The third kappa shape index (κ3) is 8.30. The van der Waals surface area contributed by atoms with Crippen LogP contribution in [0, 0.1) is 6.92 Å². The van der Waals surface area contributed by atoms with E-state index in [1.165, 1.54) is 31.2 Å². The number of guanidine groups is 1. The highest BCUT2D eigenvalue weighted by atomic mass is 127. The fourth-order valence-corrected chi connectivity index (χ4v) is 3.75. The van der Waals surface area contributed by atoms with Gasteiger partial charge in [-0.05, 0) is 51.2 Å². The van der Waals surface area contributed by atoms with Crippen LogP contribution in [0.4, 0.5) is 0 Å². The molecule has 1 aliphatic heterocycles. The molecule has 1 saturated carbocycles. The van der Waals surface area contributed by atoms with Gasteiger partial charge in [-0.2, -0.15) is 0 Å². The Labute approximate surface area is 192 Å². The number of aliphatic imine (C=N–C) groups is 1. The number of benzene rings is 1. The molecule has 2 aliphatic rings. The minimum Gasteiger partial charge on any atom is -0.490 e. The van der Waals surface area contributed by atoms with Crippen LogP contribution in [0.25, 0.3) is 0 Å². The first kappa shape index (κ1) is 24.2. The lowest BCUT2D eigenvalue weighted by atomic mass is 10.1. The van der Waals surface area contributed by atoms with Crippen molar-refractivity contribution >= 4 is 29.9 Å². The van der Waals surface area contributed by atoms with Crippen LogP contribution in [0.5, 0.6) is 5.75 Å². The quantitative estimate of drug-likeness (QED) is 0.316. The maximum atomic E-state index is 6.31. The average Bonchev–Trinajstić information content (AvgIpc) is 3.21. The summed E-state index contributed by atoms with van der Waals surface area (Å²) >= 11 is 0. The first-order chi connectivity index (χ1) is 13.7. The van der Waals surface area contributed by atoms with Crippen molar-refractivity contribution in [2.45, 2.75) is 52.2 Å². The summed E-state index contributed by atoms with van der Waals surface area (Å²) in [6.45, 7) is 11.3. The van der Waals surface area contributed by atoms with Crippen LogP contribution in [0.15, 0.2) is 23.2 Å². The van der Waals surface area contributed by atoms with Crippen molar-refractivity contribution < 1.29 is 9.47 Å². The average molecular weight is 516 g/mol. The van der Waals surface area contributed by atoms with Gasteiger partial charge in [0, 0.05) is 38.3 Å². The summed E-state index contributed by atoms with van der Waals surface area (Å²) in [4.78, 5) is 7.23. The van der Waals surface area contributed by atoms with Gasteiger partial charge in [-0.25, -0.2) is 4.99 Å². The molecular formula is C22H37IN4O2. The zero-order chi connectivity index (χ0) is 19.6. The lowest BCUT2D eigenvalue weighted by Crippen LogP contribution is -2.44. The van der Waals surface area contributed by atoms with E-state index < -0.39 is 0 Å². The Morgan fingerprint density at radius 3 is 2.69 bits per heavy atom. The van der Waals surface area contributed by atoms with Gasteiger partial charge < -0.3 is 20.1 Å². The number of nitrogens with zero attached hydrogens (tertiary/aromatic N) is 2. The Morgan fingerprint density at radius 2 is 1.97 bits per heavy atom. The molecule has 1 aromatic rings. The largest absolute Gasteiger partial charge is 0.490 e. The summed E-state index contributed by atoms with van der Waals surface area (Å²) in [6, 6.07) is 6.45. The van der Waals surface area contributed by atoms with Gasteiger partial charge >= 0.3 is 0 Å². The standard InChI is InChI=1S/C22H36N4O2.HI/c1-3-23-22(24-10-11-26-12-14-27-15-13-26)25-17-19-9-8-18(2)16-21(19)28-20-6-4-5-7-20;/h8-9,16,20H,3-7,10-15,17H2,1-2H3,(H2,23,24,25);1H. The van der Waals surface area contributed by atoms with Crippen molar-refractivity contribution in [2.24, 2.45) is 4.99 Å². The maximum Gasteiger partial charge on any atom is 0.191 e. The molecule has 7 heteroatoms. The minimum atomic E-state index is 0. The molecule has 0 unspecified atom stereocenters. The Bertz CT molecular complexity index is 629. The molecule has 1 aliphatic carbocycles. The number of halogens is 1. The molecule has 1 heterocycles. The van der Waals surface area contributed by atoms with E-state index in [4.69, 9.17) is 14.5 Å². The van der Waals surface area contributed by atoms with Gasteiger partial charge in [0.2, 0.25) is 0 Å². The van der Waals surface area contributed by atoms with Crippen molar-refractivity contribution in [3.63, 3.8) is 0 Å². The van der Waals surface area contributed by atoms with Crippen LogP contribution >= 0.6 is 24.0 Å². The molecule has 164 valence electrons. The molecule has 0 radical (unpaired) electrons. The summed E-state index contributed by atoms with van der Waals surface area (Å²) < 4.78 is 11.7. The Hall–Kier alpha value is -1.06. The Morgan fingerprint density at radius 1 is 1.21 bits per heavy atom. The zero-order valence-corrected chi connectivity index (χ0v) is 20.2. The molecular weight excluding hydrogens is 479 g/mol. The Balaban J connectivity index is 0.00000300. The van der Waals surface area contributed by atoms with E-state index >= 15 is 0 Å². The van der Waals surface area contributed by atoms with E-state index in [1.54, 1.807) is 0 Å². The van der Waals surface area contributed by atoms with Crippen LogP contribution in [-0.4, -0.2) is 62.9 Å². The molecule has 0 amide bonds. The van der Waals surface area contributed by atoms with Crippen molar-refractivity contribution in [1.29, 1.82) is 0 Å². The molecule has 2 N–H and O–H groups in total. The molecule has 3 rings (SSSR count). The molecule has 6 nitrogen and oxygen atoms in total. The number of ether oxygens (including phenoxy) is 2. The third-order valence-electron chi connectivity index (χ3n) is 5.39. The molecule has 1 saturated heterocycles. The lowest BCUT2D eigenvalue weighted by Gasteiger charge is -2.26. The summed E-state index contributed by atoms with van der Waals surface area (Å²) in [7, 11) is 0. The van der Waals surface area contributed by atoms with Crippen LogP contribution in [0.1, 0.15) is 43.7 Å². The van der Waals surface area contributed by atoms with Gasteiger partial charge in [-0.3, -0.25) is 4.90 Å². The van der Waals surface area contributed by atoms with Crippen LogP contribution in [0.2, 0.25) is 0 Å². The third-order valence-corrected chi connectivity index (χ3v) is 5.39. The predicted octanol–water partition coefficient (Wildman–Crippen LogP) is 3.32. The Kier molecular flexibility index (Phi) is 11.1. The van der Waals surface area contributed by atoms with E-state index in [0.717, 1.165) is 63.2 Å². The van der Waals surface area contributed by atoms with E-state index in [9.17, 15) is 0 Å². The van der Waals surface area contributed by atoms with E-state index in [-0.39, 0.29) is 24.0 Å². The molecule has 29 heavy (non-hydrogen) atoms. The SMILES string of the molecule is CCNC(=NCc1ccc(C)cc1OC1CCCC1)NCCN1CCOCC1.I. The molecule has 0 atom stereocenters. The second-order valence-corrected chi connectivity index (χ2v) is 7.71. The monoisotopic (exact) mass is 516 g/mol. The van der Waals surface area contributed by atoms with Crippen LogP contribution in [0.3, 0.4) is 0 Å². The van der Waals surface area contributed by atoms with Crippen molar-refractivity contribution in [3.05, 3.63) is 29.3 Å². The minimum absolute atomic E-state index is 0. The first-order valence-corrected chi connectivity index (χ1v) is 10.8. The number of hydrogen-bond donors (Lipinski definition) is 2. The normalized spacial score (nSPS) is 18.3. The fraction of sp³-hybridized carbons (Fsp3) is 0.682. The van der Waals surface area contributed by atoms with Gasteiger partial charge in [0.1, 0.15) is 5.75 Å². The summed E-state index contributed by atoms with van der Waals surface area (Å²) in [6.07, 6.45) is 5.26. The highest BCUT2D eigenvalue weighted by molar-refractivity contribution is 14.0. The topological polar surface area (TPSA) is 58.1 Å². The smallest absolute Gasteiger partial charge is 0.191 e. The van der Waals surface area contributed by atoms with Crippen molar-refractivity contribution in [3.8, 4) is 5.75 Å². The van der Waals surface area contributed by atoms with E-state index in [1.807, 2.05) is 0 Å². The maximum absolute atomic E-state index is 6.31. The first-order valence-electron chi connectivity index (χ1n) is 10.8. The predicted molar refractivity (Wildman–Crippen MR) is 130 cm³/mol. The summed E-state index contributed by atoms with van der Waals surface area (Å²) in [5, 5.41) is 6.81. The van der Waals surface area contributed by atoms with Gasteiger partial charge in [0.25, 0.3) is 0 Å². The highest BCUT2D eigenvalue weighted by Gasteiger charge is 2.18. The number of rotatable bonds is 8. The van der Waals surface area contributed by atoms with Gasteiger partial charge in [0.15, 0.2) is 5.96 Å². The van der Waals surface area contributed by atoms with Gasteiger partial charge in [0.05, 0.1) is 25.9 Å². The van der Waals surface area contributed by atoms with Crippen LogP contribution < -0.4 is 15.4 Å². The molecule has 0 aromatic heterocycles. The highest BCUT2D eigenvalue weighted by Crippen LogP contribution is 2.28. The second kappa shape index (κ2) is 13.3. The van der Waals surface area contributed by atoms with E-state index in [2.05, 4.69) is 47.6 Å². The molecule has 2 fully saturated rings. The van der Waals surface area contributed by atoms with Crippen molar-refractivity contribution in [2.75, 3.05) is 45.9 Å². The molecule has 1 aromatic carbocycles. The van der Waals surface area contributed by atoms with Crippen LogP contribution in [-0.2, 0) is 11.3 Å². The number of morpholine rings is 1. The van der Waals surface area contributed by atoms with Gasteiger partial charge in [-0.1, -0.05) is 12.1 Å². The number of nitrogens with one attached hydrogen (secondary N) is 2. The molecule has 0 spiro atoms. The summed E-state index contributed by atoms with van der Waals surface area (Å²) in [5.41, 5.74) is 2.39.